The SMILES string of the molecule is CCC(Oc1ccc(C)cc1C)C(=O)Nc1ccc(N(C)C(=O)n2nnc3cc(Cl)c(Cl)cc32)c(C(=O)Oc2cc(C(N)=O)c(O)c3ccccc23)c1. The molecule has 1 heterocycles. The Morgan fingerprint density at radius 1 is 0.925 bits per heavy atom. The first kappa shape index (κ1) is 36.6. The van der Waals surface area contributed by atoms with E-state index in [0.29, 0.717) is 23.1 Å². The van der Waals surface area contributed by atoms with E-state index in [0.717, 1.165) is 26.8 Å². The Bertz CT molecular complexity index is 2470. The number of nitrogens with two attached hydrogens (primary N) is 1. The summed E-state index contributed by atoms with van der Waals surface area (Å²) in [6.07, 6.45) is -0.548. The standard InChI is InChI=1S/C38H32Cl2N6O7/c1-5-31(52-32-13-10-19(2)14-20(32)3)36(49)42-21-11-12-29(45(4)38(51)46-30-18-27(40)26(39)17-28(30)43-44-46)24(15-21)37(50)53-33-16-25(35(41)48)34(47)23-9-7-6-8-22(23)33/h6-18,31,47H,5H2,1-4H3,(H2,41,48)(H,42,49). The number of nitrogens with zero attached hydrogens (tertiary/aromatic N) is 4. The fourth-order valence-corrected chi connectivity index (χ4v) is 6.07. The highest BCUT2D eigenvalue weighted by Gasteiger charge is 2.27. The number of phenols is 1. The average molecular weight is 756 g/mol. The number of primary amides is 1. The lowest BCUT2D eigenvalue weighted by atomic mass is 10.0. The van der Waals surface area contributed by atoms with Gasteiger partial charge in [-0.15, -0.1) is 5.10 Å². The van der Waals surface area contributed by atoms with E-state index in [-0.39, 0.29) is 54.9 Å². The number of fused-ring (bicyclic) bond motifs is 2. The molecular formula is C38H32Cl2N6O7. The number of carbonyl (C=O) groups excluding carboxylic acids is 4. The highest BCUT2D eigenvalue weighted by Crippen LogP contribution is 2.37. The molecule has 6 aromatic rings. The third-order valence-electron chi connectivity index (χ3n) is 8.51. The van der Waals surface area contributed by atoms with Crippen molar-refractivity contribution in [3.63, 3.8) is 0 Å². The average Bonchev–Trinajstić information content (AvgIpc) is 3.53. The van der Waals surface area contributed by atoms with Gasteiger partial charge in [0, 0.05) is 23.5 Å². The topological polar surface area (TPSA) is 179 Å². The molecule has 1 atom stereocenters. The second-order valence-electron chi connectivity index (χ2n) is 12.2. The van der Waals surface area contributed by atoms with Crippen LogP contribution in [0.3, 0.4) is 0 Å². The Hall–Kier alpha value is -6.18. The number of aromatic nitrogens is 3. The van der Waals surface area contributed by atoms with E-state index < -0.39 is 29.9 Å². The number of esters is 1. The zero-order valence-corrected chi connectivity index (χ0v) is 30.3. The van der Waals surface area contributed by atoms with Crippen LogP contribution in [-0.4, -0.2) is 57.1 Å². The molecular weight excluding hydrogens is 723 g/mol. The number of rotatable bonds is 9. The summed E-state index contributed by atoms with van der Waals surface area (Å²) in [5.41, 5.74) is 7.80. The van der Waals surface area contributed by atoms with Gasteiger partial charge in [0.25, 0.3) is 11.8 Å². The molecule has 0 saturated carbocycles. The number of hydrogen-bond acceptors (Lipinski definition) is 9. The monoisotopic (exact) mass is 754 g/mol. The maximum Gasteiger partial charge on any atom is 0.350 e. The molecule has 0 saturated heterocycles. The van der Waals surface area contributed by atoms with E-state index in [9.17, 15) is 24.3 Å². The van der Waals surface area contributed by atoms with E-state index in [1.165, 1.54) is 43.4 Å². The number of aromatic hydroxyl groups is 1. The number of halogens is 2. The molecule has 0 bridgehead atoms. The molecule has 0 radical (unpaired) electrons. The quantitative estimate of drug-likeness (QED) is 0.1000. The molecule has 0 fully saturated rings. The first-order valence-corrected chi connectivity index (χ1v) is 17.0. The number of ether oxygens (including phenoxy) is 2. The predicted molar refractivity (Wildman–Crippen MR) is 202 cm³/mol. The van der Waals surface area contributed by atoms with Gasteiger partial charge in [-0.05, 0) is 68.3 Å². The third kappa shape index (κ3) is 7.30. The van der Waals surface area contributed by atoms with Crippen LogP contribution >= 0.6 is 23.2 Å². The maximum atomic E-state index is 14.1. The second kappa shape index (κ2) is 14.8. The first-order valence-electron chi connectivity index (χ1n) is 16.2. The van der Waals surface area contributed by atoms with Crippen LogP contribution in [0.1, 0.15) is 45.2 Å². The normalized spacial score (nSPS) is 11.7. The number of benzene rings is 5. The number of aryl methyl sites for hydroxylation is 2. The van der Waals surface area contributed by atoms with Crippen molar-refractivity contribution in [2.45, 2.75) is 33.3 Å². The minimum Gasteiger partial charge on any atom is -0.506 e. The molecule has 4 N–H and O–H groups in total. The Morgan fingerprint density at radius 2 is 1.64 bits per heavy atom. The summed E-state index contributed by atoms with van der Waals surface area (Å²) in [4.78, 5) is 54.9. The summed E-state index contributed by atoms with van der Waals surface area (Å²) in [6, 6.07) is 19.7. The Kier molecular flexibility index (Phi) is 10.2. The van der Waals surface area contributed by atoms with Crippen molar-refractivity contribution in [1.82, 2.24) is 15.0 Å². The van der Waals surface area contributed by atoms with Gasteiger partial charge >= 0.3 is 12.0 Å². The van der Waals surface area contributed by atoms with Crippen molar-refractivity contribution in [1.29, 1.82) is 0 Å². The largest absolute Gasteiger partial charge is 0.506 e. The Balaban J connectivity index is 1.39. The summed E-state index contributed by atoms with van der Waals surface area (Å²) in [5.74, 6) is -2.32. The third-order valence-corrected chi connectivity index (χ3v) is 9.23. The van der Waals surface area contributed by atoms with Crippen LogP contribution in [0.25, 0.3) is 21.8 Å². The van der Waals surface area contributed by atoms with Crippen molar-refractivity contribution in [2.75, 3.05) is 17.3 Å². The van der Waals surface area contributed by atoms with Gasteiger partial charge < -0.3 is 25.6 Å². The molecule has 5 aromatic carbocycles. The molecule has 270 valence electrons. The molecule has 3 amide bonds. The number of nitrogens with one attached hydrogen (secondary N) is 1. The molecule has 0 spiro atoms. The highest BCUT2D eigenvalue weighted by molar-refractivity contribution is 6.42. The molecule has 0 aliphatic heterocycles. The van der Waals surface area contributed by atoms with Gasteiger partial charge in [-0.1, -0.05) is 77.3 Å². The van der Waals surface area contributed by atoms with Crippen LogP contribution in [0.5, 0.6) is 17.2 Å². The summed E-state index contributed by atoms with van der Waals surface area (Å²) in [5, 5.41) is 22.4. The van der Waals surface area contributed by atoms with Crippen molar-refractivity contribution in [3.8, 4) is 17.2 Å². The van der Waals surface area contributed by atoms with Crippen LogP contribution in [0.4, 0.5) is 16.2 Å². The first-order chi connectivity index (χ1) is 25.3. The number of hydrogen-bond donors (Lipinski definition) is 3. The number of anilines is 2. The molecule has 1 unspecified atom stereocenters. The molecule has 13 nitrogen and oxygen atoms in total. The van der Waals surface area contributed by atoms with Gasteiger partial charge in [-0.25, -0.2) is 9.59 Å². The molecule has 53 heavy (non-hydrogen) atoms. The second-order valence-corrected chi connectivity index (χ2v) is 13.0. The van der Waals surface area contributed by atoms with Crippen LogP contribution in [-0.2, 0) is 4.79 Å². The van der Waals surface area contributed by atoms with Gasteiger partial charge in [0.1, 0.15) is 28.3 Å². The van der Waals surface area contributed by atoms with Crippen molar-refractivity contribution < 1.29 is 33.8 Å². The van der Waals surface area contributed by atoms with E-state index in [2.05, 4.69) is 15.6 Å². The lowest BCUT2D eigenvalue weighted by molar-refractivity contribution is -0.122. The van der Waals surface area contributed by atoms with Gasteiger partial charge in [0.15, 0.2) is 6.10 Å². The number of carbonyl (C=O) groups is 4. The lowest BCUT2D eigenvalue weighted by Crippen LogP contribution is -2.34. The number of amides is 3. The van der Waals surface area contributed by atoms with Gasteiger partial charge in [-0.3, -0.25) is 14.5 Å². The van der Waals surface area contributed by atoms with Gasteiger partial charge in [0.05, 0.1) is 26.9 Å². The lowest BCUT2D eigenvalue weighted by Gasteiger charge is -2.22. The van der Waals surface area contributed by atoms with Crippen LogP contribution in [0, 0.1) is 13.8 Å². The molecule has 0 aliphatic rings. The molecule has 1 aromatic heterocycles. The smallest absolute Gasteiger partial charge is 0.350 e. The summed E-state index contributed by atoms with van der Waals surface area (Å²) in [7, 11) is 1.41. The van der Waals surface area contributed by atoms with E-state index in [1.54, 1.807) is 31.2 Å². The van der Waals surface area contributed by atoms with Crippen molar-refractivity contribution in [3.05, 3.63) is 111 Å². The fourth-order valence-electron chi connectivity index (χ4n) is 5.76. The predicted octanol–water partition coefficient (Wildman–Crippen LogP) is 7.43. The molecule has 0 aliphatic carbocycles. The zero-order valence-electron chi connectivity index (χ0n) is 28.8. The maximum absolute atomic E-state index is 14.1. The van der Waals surface area contributed by atoms with Crippen LogP contribution < -0.4 is 25.4 Å². The van der Waals surface area contributed by atoms with E-state index in [4.69, 9.17) is 38.4 Å². The van der Waals surface area contributed by atoms with Crippen LogP contribution in [0.15, 0.2) is 78.9 Å². The minimum atomic E-state index is -0.973. The fraction of sp³-hybridized carbons (Fsp3) is 0.158. The van der Waals surface area contributed by atoms with E-state index >= 15 is 0 Å². The molecule has 15 heteroatoms. The summed E-state index contributed by atoms with van der Waals surface area (Å²) >= 11 is 12.3. The Morgan fingerprint density at radius 3 is 2.34 bits per heavy atom. The minimum absolute atomic E-state index is 0.0542. The highest BCUT2D eigenvalue weighted by atomic mass is 35.5. The van der Waals surface area contributed by atoms with E-state index in [1.807, 2.05) is 26.0 Å². The van der Waals surface area contributed by atoms with Crippen molar-refractivity contribution >= 4 is 80.2 Å². The van der Waals surface area contributed by atoms with Crippen LogP contribution in [0.2, 0.25) is 10.0 Å². The van der Waals surface area contributed by atoms with Crippen molar-refractivity contribution in [2.24, 2.45) is 5.73 Å². The Labute approximate surface area is 312 Å². The van der Waals surface area contributed by atoms with Gasteiger partial charge in [0.2, 0.25) is 0 Å². The molecule has 6 rings (SSSR count). The zero-order chi connectivity index (χ0) is 38.1. The summed E-state index contributed by atoms with van der Waals surface area (Å²) in [6.45, 7) is 5.65. The van der Waals surface area contributed by atoms with Gasteiger partial charge in [-0.2, -0.15) is 4.68 Å². The summed E-state index contributed by atoms with van der Waals surface area (Å²) < 4.78 is 12.9.